The van der Waals surface area contributed by atoms with Gasteiger partial charge in [0.25, 0.3) is 0 Å². The Morgan fingerprint density at radius 1 is 0.737 bits per heavy atom. The average molecular weight is 262 g/mol. The van der Waals surface area contributed by atoms with E-state index in [1.165, 1.54) is 19.1 Å². The first-order valence-electron chi connectivity index (χ1n) is 5.89. The van der Waals surface area contributed by atoms with Crippen LogP contribution in [0.2, 0.25) is 0 Å². The lowest BCUT2D eigenvalue weighted by atomic mass is 9.95. The van der Waals surface area contributed by atoms with E-state index in [0.717, 1.165) is 0 Å². The smallest absolute Gasteiger partial charge is 0.166 e. The molecule has 19 heavy (non-hydrogen) atoms. The third kappa shape index (κ3) is 3.05. The number of halogens is 3. The molecule has 0 saturated carbocycles. The average Bonchev–Trinajstić information content (AvgIpc) is 2.39. The molecule has 0 aliphatic heterocycles. The molecule has 2 aromatic rings. The van der Waals surface area contributed by atoms with E-state index in [4.69, 9.17) is 0 Å². The van der Waals surface area contributed by atoms with Crippen LogP contribution in [0.4, 0.5) is 13.2 Å². The summed E-state index contributed by atoms with van der Waals surface area (Å²) in [6.45, 7) is 1.51. The Kier molecular flexibility index (Phi) is 3.74. The fourth-order valence-corrected chi connectivity index (χ4v) is 2.03. The summed E-state index contributed by atoms with van der Waals surface area (Å²) in [5, 5.41) is 0. The standard InChI is InChI=1S/C16H13F3/c1-12(13-8-4-2-5-9-13)15(16(17,18)19)14-10-6-3-7-11-14/h2-11H,1H3/b15-12+. The van der Waals surface area contributed by atoms with Crippen LogP contribution in [0.3, 0.4) is 0 Å². The fourth-order valence-electron chi connectivity index (χ4n) is 2.03. The Morgan fingerprint density at radius 2 is 1.16 bits per heavy atom. The highest BCUT2D eigenvalue weighted by Gasteiger charge is 2.36. The van der Waals surface area contributed by atoms with Crippen molar-refractivity contribution in [1.82, 2.24) is 0 Å². The molecule has 2 rings (SSSR count). The van der Waals surface area contributed by atoms with E-state index >= 15 is 0 Å². The number of benzene rings is 2. The van der Waals surface area contributed by atoms with Crippen LogP contribution in [0.15, 0.2) is 60.7 Å². The molecule has 0 aliphatic carbocycles. The quantitative estimate of drug-likeness (QED) is 0.654. The van der Waals surface area contributed by atoms with Gasteiger partial charge in [-0.2, -0.15) is 13.2 Å². The second-order valence-corrected chi connectivity index (χ2v) is 4.23. The van der Waals surface area contributed by atoms with Gasteiger partial charge in [0.05, 0.1) is 5.57 Å². The van der Waals surface area contributed by atoms with Crippen LogP contribution < -0.4 is 0 Å². The van der Waals surface area contributed by atoms with Crippen molar-refractivity contribution in [3.8, 4) is 0 Å². The van der Waals surface area contributed by atoms with E-state index in [2.05, 4.69) is 0 Å². The van der Waals surface area contributed by atoms with Gasteiger partial charge in [-0.15, -0.1) is 0 Å². The van der Waals surface area contributed by atoms with Crippen LogP contribution >= 0.6 is 0 Å². The summed E-state index contributed by atoms with van der Waals surface area (Å²) in [5.41, 5.74) is 0.425. The molecule has 0 aromatic heterocycles. The van der Waals surface area contributed by atoms with Gasteiger partial charge in [-0.25, -0.2) is 0 Å². The molecule has 0 amide bonds. The van der Waals surface area contributed by atoms with E-state index < -0.39 is 11.7 Å². The summed E-state index contributed by atoms with van der Waals surface area (Å²) in [4.78, 5) is 0. The van der Waals surface area contributed by atoms with Gasteiger partial charge in [-0.05, 0) is 23.6 Å². The van der Waals surface area contributed by atoms with Crippen molar-refractivity contribution in [3.63, 3.8) is 0 Å². The van der Waals surface area contributed by atoms with Crippen LogP contribution in [0.5, 0.6) is 0 Å². The molecule has 0 radical (unpaired) electrons. The van der Waals surface area contributed by atoms with Gasteiger partial charge < -0.3 is 0 Å². The first kappa shape index (κ1) is 13.4. The Hall–Kier alpha value is -2.03. The van der Waals surface area contributed by atoms with Gasteiger partial charge in [-0.3, -0.25) is 0 Å². The molecule has 2 aromatic carbocycles. The molecule has 0 bridgehead atoms. The molecule has 0 N–H and O–H groups in total. The first-order valence-corrected chi connectivity index (χ1v) is 5.89. The van der Waals surface area contributed by atoms with Crippen LogP contribution in [-0.2, 0) is 0 Å². The van der Waals surface area contributed by atoms with Gasteiger partial charge >= 0.3 is 6.18 Å². The minimum atomic E-state index is -4.37. The van der Waals surface area contributed by atoms with Crippen molar-refractivity contribution >= 4 is 11.1 Å². The Bertz CT molecular complexity index is 566. The summed E-state index contributed by atoms with van der Waals surface area (Å²) in [7, 11) is 0. The Morgan fingerprint density at radius 3 is 1.58 bits per heavy atom. The van der Waals surface area contributed by atoms with Gasteiger partial charge in [0.1, 0.15) is 0 Å². The van der Waals surface area contributed by atoms with E-state index in [-0.39, 0.29) is 11.1 Å². The summed E-state index contributed by atoms with van der Waals surface area (Å²) in [6, 6.07) is 16.5. The largest absolute Gasteiger partial charge is 0.417 e. The number of hydrogen-bond donors (Lipinski definition) is 0. The highest BCUT2D eigenvalue weighted by Crippen LogP contribution is 2.39. The highest BCUT2D eigenvalue weighted by atomic mass is 19.4. The van der Waals surface area contributed by atoms with E-state index in [0.29, 0.717) is 5.56 Å². The molecule has 3 heteroatoms. The van der Waals surface area contributed by atoms with Crippen LogP contribution in [-0.4, -0.2) is 6.18 Å². The Balaban J connectivity index is 2.63. The maximum atomic E-state index is 13.3. The zero-order valence-corrected chi connectivity index (χ0v) is 10.4. The zero-order valence-electron chi connectivity index (χ0n) is 10.4. The fraction of sp³-hybridized carbons (Fsp3) is 0.125. The molecule has 0 unspecified atom stereocenters. The summed E-state index contributed by atoms with van der Waals surface area (Å²) in [5.74, 6) is 0. The molecule has 0 nitrogen and oxygen atoms in total. The lowest BCUT2D eigenvalue weighted by molar-refractivity contribution is -0.0685. The number of hydrogen-bond acceptors (Lipinski definition) is 0. The maximum Gasteiger partial charge on any atom is 0.417 e. The van der Waals surface area contributed by atoms with Crippen LogP contribution in [0.25, 0.3) is 11.1 Å². The number of alkyl halides is 3. The molecule has 0 spiro atoms. The summed E-state index contributed by atoms with van der Waals surface area (Å²) < 4.78 is 39.9. The van der Waals surface area contributed by atoms with Gasteiger partial charge in [-0.1, -0.05) is 60.7 Å². The molecule has 0 saturated heterocycles. The van der Waals surface area contributed by atoms with Crippen LogP contribution in [0, 0.1) is 0 Å². The van der Waals surface area contributed by atoms with Crippen molar-refractivity contribution in [3.05, 3.63) is 71.8 Å². The lowest BCUT2D eigenvalue weighted by Crippen LogP contribution is -2.12. The second-order valence-electron chi connectivity index (χ2n) is 4.23. The molecular weight excluding hydrogens is 249 g/mol. The molecular formula is C16H13F3. The van der Waals surface area contributed by atoms with Crippen molar-refractivity contribution in [2.45, 2.75) is 13.1 Å². The van der Waals surface area contributed by atoms with Gasteiger partial charge in [0.15, 0.2) is 0 Å². The van der Waals surface area contributed by atoms with Gasteiger partial charge in [0.2, 0.25) is 0 Å². The summed E-state index contributed by atoms with van der Waals surface area (Å²) >= 11 is 0. The van der Waals surface area contributed by atoms with Gasteiger partial charge in [0, 0.05) is 0 Å². The maximum absolute atomic E-state index is 13.3. The first-order chi connectivity index (χ1) is 9.00. The number of allylic oxidation sites excluding steroid dienone is 2. The molecule has 0 fully saturated rings. The minimum Gasteiger partial charge on any atom is -0.166 e. The molecule has 98 valence electrons. The molecule has 0 aliphatic rings. The monoisotopic (exact) mass is 262 g/mol. The van der Waals surface area contributed by atoms with Crippen LogP contribution in [0.1, 0.15) is 18.1 Å². The zero-order chi connectivity index (χ0) is 13.9. The van der Waals surface area contributed by atoms with Crippen molar-refractivity contribution in [2.75, 3.05) is 0 Å². The van der Waals surface area contributed by atoms with E-state index in [1.807, 2.05) is 0 Å². The Labute approximate surface area is 110 Å². The lowest BCUT2D eigenvalue weighted by Gasteiger charge is -2.16. The normalized spacial score (nSPS) is 13.1. The third-order valence-corrected chi connectivity index (χ3v) is 2.93. The van der Waals surface area contributed by atoms with Crippen molar-refractivity contribution in [1.29, 1.82) is 0 Å². The molecule has 0 atom stereocenters. The predicted octanol–water partition coefficient (Wildman–Crippen LogP) is 5.18. The SMILES string of the molecule is C/C(=C(/c1ccccc1)C(F)(F)F)c1ccccc1. The van der Waals surface area contributed by atoms with Crippen molar-refractivity contribution < 1.29 is 13.2 Å². The predicted molar refractivity (Wildman–Crippen MR) is 71.4 cm³/mol. The molecule has 0 heterocycles. The topological polar surface area (TPSA) is 0 Å². The van der Waals surface area contributed by atoms with E-state index in [1.54, 1.807) is 48.5 Å². The third-order valence-electron chi connectivity index (χ3n) is 2.93. The minimum absolute atomic E-state index is 0.191. The highest BCUT2D eigenvalue weighted by molar-refractivity contribution is 5.92. The van der Waals surface area contributed by atoms with Crippen molar-refractivity contribution in [2.24, 2.45) is 0 Å². The van der Waals surface area contributed by atoms with E-state index in [9.17, 15) is 13.2 Å². The summed E-state index contributed by atoms with van der Waals surface area (Å²) in [6.07, 6.45) is -4.37. The second kappa shape index (κ2) is 5.31. The number of rotatable bonds is 2.